The first-order chi connectivity index (χ1) is 9.56. The Kier molecular flexibility index (Phi) is 8.85. The van der Waals surface area contributed by atoms with E-state index < -0.39 is 11.7 Å². The highest BCUT2D eigenvalue weighted by molar-refractivity contribution is 5.68. The molecule has 3 N–H and O–H groups in total. The van der Waals surface area contributed by atoms with E-state index in [0.29, 0.717) is 6.54 Å². The molecule has 0 aliphatic heterocycles. The summed E-state index contributed by atoms with van der Waals surface area (Å²) < 4.78 is 5.28. The number of carbonyl (C=O) groups excluding carboxylic acids is 1. The van der Waals surface area contributed by atoms with E-state index in [-0.39, 0.29) is 12.1 Å². The van der Waals surface area contributed by atoms with Gasteiger partial charge in [0.05, 0.1) is 0 Å². The van der Waals surface area contributed by atoms with Crippen molar-refractivity contribution in [3.63, 3.8) is 0 Å². The van der Waals surface area contributed by atoms with Gasteiger partial charge in [-0.1, -0.05) is 0 Å². The van der Waals surface area contributed by atoms with Crippen molar-refractivity contribution in [2.75, 3.05) is 40.8 Å². The maximum absolute atomic E-state index is 11.8. The minimum atomic E-state index is -0.486. The molecule has 126 valence electrons. The number of carbonyl (C=O) groups is 1. The Labute approximate surface area is 130 Å². The summed E-state index contributed by atoms with van der Waals surface area (Å²) in [5.74, 6) is 0. The number of hydrogen-bond donors (Lipinski definition) is 2. The molecule has 6 nitrogen and oxygen atoms in total. The molecule has 0 saturated heterocycles. The van der Waals surface area contributed by atoms with Gasteiger partial charge in [0.1, 0.15) is 5.60 Å². The highest BCUT2D eigenvalue weighted by Gasteiger charge is 2.24. The van der Waals surface area contributed by atoms with E-state index in [1.807, 2.05) is 34.7 Å². The highest BCUT2D eigenvalue weighted by Crippen LogP contribution is 2.08. The monoisotopic (exact) mass is 302 g/mol. The molecule has 0 aliphatic rings. The highest BCUT2D eigenvalue weighted by atomic mass is 16.6. The maximum Gasteiger partial charge on any atom is 0.407 e. The summed E-state index contributed by atoms with van der Waals surface area (Å²) in [6.07, 6.45) is 0.675. The summed E-state index contributed by atoms with van der Waals surface area (Å²) in [4.78, 5) is 16.2. The number of ether oxygens (including phenoxy) is 1. The Hall–Kier alpha value is -0.850. The molecule has 0 heterocycles. The van der Waals surface area contributed by atoms with Crippen LogP contribution in [0.15, 0.2) is 0 Å². The third-order valence-electron chi connectivity index (χ3n) is 3.25. The van der Waals surface area contributed by atoms with Crippen LogP contribution in [0.25, 0.3) is 0 Å². The second-order valence-corrected chi connectivity index (χ2v) is 6.88. The first-order valence-corrected chi connectivity index (χ1v) is 7.61. The van der Waals surface area contributed by atoms with Crippen LogP contribution >= 0.6 is 0 Å². The lowest BCUT2D eigenvalue weighted by Gasteiger charge is -2.33. The Morgan fingerprint density at radius 3 is 2.24 bits per heavy atom. The van der Waals surface area contributed by atoms with Crippen LogP contribution in [-0.4, -0.2) is 74.4 Å². The van der Waals surface area contributed by atoms with Crippen molar-refractivity contribution < 1.29 is 9.53 Å². The molecule has 0 rings (SSSR count). The van der Waals surface area contributed by atoms with E-state index in [4.69, 9.17) is 10.5 Å². The molecule has 0 radical (unpaired) electrons. The molecule has 0 saturated carbocycles. The van der Waals surface area contributed by atoms with Crippen molar-refractivity contribution in [3.8, 4) is 0 Å². The van der Waals surface area contributed by atoms with Crippen LogP contribution in [0.3, 0.4) is 0 Å². The SMILES string of the molecule is CC(NC(=O)OC(C)(C)C)C(CN)N(C)CCCN(C)C. The maximum atomic E-state index is 11.8. The zero-order valence-corrected chi connectivity index (χ0v) is 14.8. The molecule has 0 bridgehead atoms. The molecular weight excluding hydrogens is 268 g/mol. The molecule has 0 aromatic carbocycles. The molecule has 1 amide bonds. The molecule has 2 atom stereocenters. The molecule has 6 heteroatoms. The average molecular weight is 302 g/mol. The van der Waals surface area contributed by atoms with E-state index in [1.54, 1.807) is 0 Å². The van der Waals surface area contributed by atoms with Crippen molar-refractivity contribution in [2.24, 2.45) is 5.73 Å². The van der Waals surface area contributed by atoms with Gasteiger partial charge in [-0.05, 0) is 68.3 Å². The normalized spacial score (nSPS) is 15.1. The minimum absolute atomic E-state index is 0.0609. The van der Waals surface area contributed by atoms with Gasteiger partial charge in [0.2, 0.25) is 0 Å². The van der Waals surface area contributed by atoms with Gasteiger partial charge in [0, 0.05) is 18.6 Å². The van der Waals surface area contributed by atoms with Crippen LogP contribution < -0.4 is 11.1 Å². The van der Waals surface area contributed by atoms with Crippen LogP contribution in [0.2, 0.25) is 0 Å². The van der Waals surface area contributed by atoms with Gasteiger partial charge in [-0.25, -0.2) is 4.79 Å². The van der Waals surface area contributed by atoms with Crippen molar-refractivity contribution in [1.82, 2.24) is 15.1 Å². The number of likely N-dealkylation sites (N-methyl/N-ethyl adjacent to an activating group) is 1. The summed E-state index contributed by atoms with van der Waals surface area (Å²) in [7, 11) is 6.17. The number of nitrogens with two attached hydrogens (primary N) is 1. The van der Waals surface area contributed by atoms with Crippen LogP contribution in [0, 0.1) is 0 Å². The quantitative estimate of drug-likeness (QED) is 0.703. The summed E-state index contributed by atoms with van der Waals surface area (Å²) in [5.41, 5.74) is 5.38. The molecule has 21 heavy (non-hydrogen) atoms. The average Bonchev–Trinajstić information content (AvgIpc) is 2.26. The third kappa shape index (κ3) is 9.66. The fourth-order valence-electron chi connectivity index (χ4n) is 2.16. The lowest BCUT2D eigenvalue weighted by Crippen LogP contribution is -2.53. The van der Waals surface area contributed by atoms with Crippen LogP contribution in [-0.2, 0) is 4.74 Å². The first kappa shape index (κ1) is 20.1. The van der Waals surface area contributed by atoms with Gasteiger partial charge in [-0.15, -0.1) is 0 Å². The number of hydrogen-bond acceptors (Lipinski definition) is 5. The zero-order valence-electron chi connectivity index (χ0n) is 14.8. The van der Waals surface area contributed by atoms with Crippen molar-refractivity contribution in [2.45, 2.75) is 51.8 Å². The van der Waals surface area contributed by atoms with Crippen molar-refractivity contribution in [3.05, 3.63) is 0 Å². The number of amides is 1. The molecule has 0 aliphatic carbocycles. The molecular formula is C15H34N4O2. The second kappa shape index (κ2) is 9.23. The lowest BCUT2D eigenvalue weighted by molar-refractivity contribution is 0.0477. The van der Waals surface area contributed by atoms with Gasteiger partial charge in [-0.2, -0.15) is 0 Å². The van der Waals surface area contributed by atoms with Gasteiger partial charge < -0.3 is 25.6 Å². The van der Waals surface area contributed by atoms with Gasteiger partial charge in [-0.3, -0.25) is 0 Å². The van der Waals surface area contributed by atoms with E-state index >= 15 is 0 Å². The lowest BCUT2D eigenvalue weighted by atomic mass is 10.1. The fraction of sp³-hybridized carbons (Fsp3) is 0.933. The molecule has 0 aromatic heterocycles. The smallest absolute Gasteiger partial charge is 0.407 e. The molecule has 0 spiro atoms. The van der Waals surface area contributed by atoms with Gasteiger partial charge in [0.15, 0.2) is 0 Å². The number of rotatable bonds is 8. The number of nitrogens with one attached hydrogen (secondary N) is 1. The first-order valence-electron chi connectivity index (χ1n) is 7.61. The van der Waals surface area contributed by atoms with Crippen molar-refractivity contribution >= 4 is 6.09 Å². The third-order valence-corrected chi connectivity index (χ3v) is 3.25. The number of nitrogens with zero attached hydrogens (tertiary/aromatic N) is 2. The molecule has 2 unspecified atom stereocenters. The predicted molar refractivity (Wildman–Crippen MR) is 87.5 cm³/mol. The summed E-state index contributed by atoms with van der Waals surface area (Å²) >= 11 is 0. The van der Waals surface area contributed by atoms with E-state index in [0.717, 1.165) is 19.5 Å². The van der Waals surface area contributed by atoms with E-state index in [1.165, 1.54) is 0 Å². The topological polar surface area (TPSA) is 70.8 Å². The Morgan fingerprint density at radius 1 is 1.24 bits per heavy atom. The summed E-state index contributed by atoms with van der Waals surface area (Å²) in [6.45, 7) is 10.00. The van der Waals surface area contributed by atoms with E-state index in [9.17, 15) is 4.79 Å². The minimum Gasteiger partial charge on any atom is -0.444 e. The summed E-state index contributed by atoms with van der Waals surface area (Å²) in [5, 5.41) is 2.87. The van der Waals surface area contributed by atoms with E-state index in [2.05, 4.69) is 29.2 Å². The summed E-state index contributed by atoms with van der Waals surface area (Å²) in [6, 6.07) is 0.0360. The van der Waals surface area contributed by atoms with Crippen LogP contribution in [0.4, 0.5) is 4.79 Å². The standard InChI is InChI=1S/C15H34N4O2/c1-12(17-14(20)21-15(2,3)4)13(11-16)19(7)10-8-9-18(5)6/h12-13H,8-11,16H2,1-7H3,(H,17,20). The largest absolute Gasteiger partial charge is 0.444 e. The Morgan fingerprint density at radius 2 is 1.81 bits per heavy atom. The second-order valence-electron chi connectivity index (χ2n) is 6.88. The molecule has 0 fully saturated rings. The van der Waals surface area contributed by atoms with Gasteiger partial charge >= 0.3 is 6.09 Å². The molecule has 0 aromatic rings. The number of alkyl carbamates (subject to hydrolysis) is 1. The Balaban J connectivity index is 4.33. The fourth-order valence-corrected chi connectivity index (χ4v) is 2.16. The van der Waals surface area contributed by atoms with Crippen LogP contribution in [0.5, 0.6) is 0 Å². The Bertz CT molecular complexity index is 303. The predicted octanol–water partition coefficient (Wildman–Crippen LogP) is 1.11. The van der Waals surface area contributed by atoms with Crippen LogP contribution in [0.1, 0.15) is 34.1 Å². The zero-order chi connectivity index (χ0) is 16.6. The van der Waals surface area contributed by atoms with Gasteiger partial charge in [0.25, 0.3) is 0 Å². The van der Waals surface area contributed by atoms with Crippen molar-refractivity contribution in [1.29, 1.82) is 0 Å².